The van der Waals surface area contributed by atoms with Crippen molar-refractivity contribution in [2.45, 2.75) is 42.4 Å². The minimum Gasteiger partial charge on any atom is -0.497 e. The van der Waals surface area contributed by atoms with Crippen molar-refractivity contribution in [3.8, 4) is 5.75 Å². The molecule has 1 amide bonds. The zero-order chi connectivity index (χ0) is 19.2. The molecule has 2 N–H and O–H groups in total. The molecule has 0 saturated carbocycles. The molecule has 1 fully saturated rings. The van der Waals surface area contributed by atoms with Gasteiger partial charge in [-0.3, -0.25) is 5.21 Å². The van der Waals surface area contributed by atoms with Crippen molar-refractivity contribution in [1.82, 2.24) is 10.4 Å². The highest BCUT2D eigenvalue weighted by atomic mass is 32.2. The Morgan fingerprint density at radius 1 is 1.27 bits per heavy atom. The number of hydrogen-bond donors (Lipinski definition) is 2. The second-order valence-corrected chi connectivity index (χ2v) is 8.51. The van der Waals surface area contributed by atoms with Gasteiger partial charge in [-0.15, -0.1) is 0 Å². The lowest BCUT2D eigenvalue weighted by Gasteiger charge is -2.40. The van der Waals surface area contributed by atoms with Gasteiger partial charge in [0.1, 0.15) is 5.75 Å². The average molecular weight is 386 g/mol. The first-order valence-corrected chi connectivity index (χ1v) is 10.1. The van der Waals surface area contributed by atoms with E-state index in [1.807, 2.05) is 0 Å². The number of hydroxylamine groups is 1. The van der Waals surface area contributed by atoms with Gasteiger partial charge < -0.3 is 14.4 Å². The van der Waals surface area contributed by atoms with Crippen LogP contribution < -0.4 is 10.2 Å². The molecule has 1 aliphatic heterocycles. The third-order valence-corrected chi connectivity index (χ3v) is 7.04. The maximum Gasteiger partial charge on any atom is 0.432 e. The first-order valence-electron chi connectivity index (χ1n) is 8.62. The Morgan fingerprint density at radius 3 is 2.38 bits per heavy atom. The van der Waals surface area contributed by atoms with Gasteiger partial charge in [0.2, 0.25) is 14.8 Å². The number of piperidine rings is 1. The molecule has 8 nitrogen and oxygen atoms in total. The van der Waals surface area contributed by atoms with E-state index >= 15 is 0 Å². The summed E-state index contributed by atoms with van der Waals surface area (Å²) in [6.45, 7) is 3.96. The number of hydrogen-bond acceptors (Lipinski definition) is 7. The number of nitrogens with one attached hydrogen (secondary N) is 1. The predicted octanol–water partition coefficient (Wildman–Crippen LogP) is 2.18. The van der Waals surface area contributed by atoms with Crippen LogP contribution in [-0.2, 0) is 14.6 Å². The van der Waals surface area contributed by atoms with E-state index in [1.54, 1.807) is 12.1 Å². The van der Waals surface area contributed by atoms with Crippen molar-refractivity contribution in [3.63, 3.8) is 0 Å². The Bertz CT molecular complexity index is 696. The van der Waals surface area contributed by atoms with Gasteiger partial charge in [0.05, 0.1) is 12.0 Å². The Hall–Kier alpha value is -1.84. The quantitative estimate of drug-likeness (QED) is 0.546. The van der Waals surface area contributed by atoms with Crippen LogP contribution in [0.5, 0.6) is 5.75 Å². The first-order chi connectivity index (χ1) is 12.4. The molecule has 2 rings (SSSR count). The van der Waals surface area contributed by atoms with Gasteiger partial charge in [0.25, 0.3) is 0 Å². The van der Waals surface area contributed by atoms with Crippen LogP contribution in [-0.4, -0.2) is 56.3 Å². The second-order valence-electron chi connectivity index (χ2n) is 6.29. The maximum absolute atomic E-state index is 13.2. The fourth-order valence-electron chi connectivity index (χ4n) is 3.09. The molecular weight excluding hydrogens is 360 g/mol. The van der Waals surface area contributed by atoms with Gasteiger partial charge in [0.15, 0.2) is 0 Å². The summed E-state index contributed by atoms with van der Waals surface area (Å²) >= 11 is 0. The normalized spacial score (nSPS) is 17.5. The van der Waals surface area contributed by atoms with Crippen LogP contribution in [0.4, 0.5) is 4.79 Å². The predicted molar refractivity (Wildman–Crippen MR) is 94.9 cm³/mol. The summed E-state index contributed by atoms with van der Waals surface area (Å²) in [5.41, 5.74) is 1.37. The lowest BCUT2D eigenvalue weighted by Crippen LogP contribution is -2.53. The van der Waals surface area contributed by atoms with Crippen molar-refractivity contribution in [3.05, 3.63) is 24.3 Å². The summed E-state index contributed by atoms with van der Waals surface area (Å²) in [7, 11) is -2.48. The molecule has 1 aliphatic rings. The SMILES string of the molecule is CCCCN1CCC(OC(=O)NO)(S(=O)(=O)c2ccc(OC)cc2)CC1. The molecule has 26 heavy (non-hydrogen) atoms. The van der Waals surface area contributed by atoms with E-state index < -0.39 is 20.9 Å². The summed E-state index contributed by atoms with van der Waals surface area (Å²) in [5.74, 6) is 0.529. The van der Waals surface area contributed by atoms with Gasteiger partial charge >= 0.3 is 6.09 Å². The standard InChI is InChI=1S/C17H26N2O6S/c1-3-4-11-19-12-9-17(10-13-19,25-16(20)18-21)26(22,23)15-7-5-14(24-2)6-8-15/h5-8,21H,3-4,9-13H2,1-2H3,(H,18,20). The summed E-state index contributed by atoms with van der Waals surface area (Å²) in [6, 6.07) is 5.95. The lowest BCUT2D eigenvalue weighted by molar-refractivity contribution is 0.00151. The number of carbonyl (C=O) groups is 1. The van der Waals surface area contributed by atoms with Crippen molar-refractivity contribution < 1.29 is 27.9 Å². The van der Waals surface area contributed by atoms with Gasteiger partial charge in [-0.2, -0.15) is 0 Å². The van der Waals surface area contributed by atoms with Crippen molar-refractivity contribution in [2.24, 2.45) is 0 Å². The van der Waals surface area contributed by atoms with Crippen molar-refractivity contribution in [1.29, 1.82) is 0 Å². The fraction of sp³-hybridized carbons (Fsp3) is 0.588. The molecule has 1 aromatic rings. The van der Waals surface area contributed by atoms with Crippen molar-refractivity contribution >= 4 is 15.9 Å². The second kappa shape index (κ2) is 8.70. The highest BCUT2D eigenvalue weighted by molar-refractivity contribution is 7.92. The Morgan fingerprint density at radius 2 is 1.88 bits per heavy atom. The number of nitrogens with zero attached hydrogens (tertiary/aromatic N) is 1. The number of benzene rings is 1. The highest BCUT2D eigenvalue weighted by Crippen LogP contribution is 2.37. The molecule has 0 atom stereocenters. The molecule has 1 heterocycles. The molecule has 0 unspecified atom stereocenters. The first kappa shape index (κ1) is 20.5. The Kier molecular flexibility index (Phi) is 6.85. The molecule has 0 radical (unpaired) electrons. The minimum atomic E-state index is -3.97. The van der Waals surface area contributed by atoms with E-state index in [4.69, 9.17) is 14.7 Å². The molecule has 0 aromatic heterocycles. The summed E-state index contributed by atoms with van der Waals surface area (Å²) in [4.78, 5) is 12.1. The zero-order valence-corrected chi connectivity index (χ0v) is 15.9. The molecular formula is C17H26N2O6S. The number of likely N-dealkylation sites (tertiary alicyclic amines) is 1. The van der Waals surface area contributed by atoms with Gasteiger partial charge in [-0.25, -0.2) is 18.7 Å². The molecule has 0 aliphatic carbocycles. The molecule has 0 spiro atoms. The number of methoxy groups -OCH3 is 1. The molecule has 0 bridgehead atoms. The third-order valence-electron chi connectivity index (χ3n) is 4.68. The number of amides is 1. The van der Waals surface area contributed by atoms with Gasteiger partial charge in [-0.1, -0.05) is 13.3 Å². The number of carbonyl (C=O) groups excluding carboxylic acids is 1. The largest absolute Gasteiger partial charge is 0.497 e. The van der Waals surface area contributed by atoms with E-state index in [2.05, 4.69) is 11.8 Å². The van der Waals surface area contributed by atoms with Crippen LogP contribution in [0, 0.1) is 0 Å². The fourth-order valence-corrected chi connectivity index (χ4v) is 4.92. The number of ether oxygens (including phenoxy) is 2. The van der Waals surface area contributed by atoms with Crippen LogP contribution in [0.15, 0.2) is 29.2 Å². The molecule has 9 heteroatoms. The van der Waals surface area contributed by atoms with Crippen LogP contribution in [0.1, 0.15) is 32.6 Å². The molecule has 1 aromatic carbocycles. The van der Waals surface area contributed by atoms with E-state index in [9.17, 15) is 13.2 Å². The van der Waals surface area contributed by atoms with Crippen LogP contribution in [0.25, 0.3) is 0 Å². The monoisotopic (exact) mass is 386 g/mol. The highest BCUT2D eigenvalue weighted by Gasteiger charge is 2.50. The van der Waals surface area contributed by atoms with Crippen LogP contribution in [0.3, 0.4) is 0 Å². The third kappa shape index (κ3) is 4.28. The van der Waals surface area contributed by atoms with Crippen molar-refractivity contribution in [2.75, 3.05) is 26.7 Å². The Balaban J connectivity index is 2.30. The number of rotatable bonds is 7. The summed E-state index contributed by atoms with van der Waals surface area (Å²) in [5, 5.41) is 8.81. The Labute approximate surface area is 154 Å². The van der Waals surface area contributed by atoms with E-state index in [0.717, 1.165) is 19.4 Å². The zero-order valence-electron chi connectivity index (χ0n) is 15.1. The smallest absolute Gasteiger partial charge is 0.432 e. The molecule has 1 saturated heterocycles. The number of unbranched alkanes of at least 4 members (excludes halogenated alkanes) is 1. The summed E-state index contributed by atoms with van der Waals surface area (Å²) < 4.78 is 36.7. The lowest BCUT2D eigenvalue weighted by atomic mass is 10.1. The van der Waals surface area contributed by atoms with Gasteiger partial charge in [0, 0.05) is 25.9 Å². The van der Waals surface area contributed by atoms with Crippen LogP contribution in [0.2, 0.25) is 0 Å². The van der Waals surface area contributed by atoms with E-state index in [1.165, 1.54) is 24.7 Å². The molecule has 146 valence electrons. The maximum atomic E-state index is 13.2. The summed E-state index contributed by atoms with van der Waals surface area (Å²) in [6.07, 6.45) is 1.17. The van der Waals surface area contributed by atoms with E-state index in [-0.39, 0.29) is 17.7 Å². The number of sulfone groups is 1. The van der Waals surface area contributed by atoms with Crippen LogP contribution >= 0.6 is 0 Å². The topological polar surface area (TPSA) is 105 Å². The van der Waals surface area contributed by atoms with Gasteiger partial charge in [-0.05, 0) is 37.2 Å². The van der Waals surface area contributed by atoms with E-state index in [0.29, 0.717) is 18.8 Å². The minimum absolute atomic E-state index is 0.0473. The average Bonchev–Trinajstić information content (AvgIpc) is 2.67.